The SMILES string of the molecule is CN(C(=O)OCc1ccc(F)cc1)C1CCCc2ccc(N3CCNCC3)cc21. The first-order valence-electron chi connectivity index (χ1n) is 10.3. The summed E-state index contributed by atoms with van der Waals surface area (Å²) in [5.41, 5.74) is 4.55. The molecule has 1 heterocycles. The number of anilines is 1. The lowest BCUT2D eigenvalue weighted by Gasteiger charge is -2.35. The van der Waals surface area contributed by atoms with E-state index in [-0.39, 0.29) is 24.6 Å². The van der Waals surface area contributed by atoms with Gasteiger partial charge in [0.05, 0.1) is 6.04 Å². The van der Waals surface area contributed by atoms with Crippen LogP contribution in [0.1, 0.15) is 35.6 Å². The van der Waals surface area contributed by atoms with E-state index >= 15 is 0 Å². The van der Waals surface area contributed by atoms with Crippen LogP contribution < -0.4 is 10.2 Å². The fourth-order valence-electron chi connectivity index (χ4n) is 4.24. The van der Waals surface area contributed by atoms with Crippen LogP contribution in [0.25, 0.3) is 0 Å². The zero-order chi connectivity index (χ0) is 20.2. The first-order chi connectivity index (χ1) is 14.1. The van der Waals surface area contributed by atoms with E-state index in [2.05, 4.69) is 28.4 Å². The van der Waals surface area contributed by atoms with Gasteiger partial charge in [-0.2, -0.15) is 0 Å². The average molecular weight is 397 g/mol. The molecule has 29 heavy (non-hydrogen) atoms. The summed E-state index contributed by atoms with van der Waals surface area (Å²) >= 11 is 0. The minimum atomic E-state index is -0.347. The van der Waals surface area contributed by atoms with Gasteiger partial charge in [0.25, 0.3) is 0 Å². The zero-order valence-electron chi connectivity index (χ0n) is 16.9. The molecule has 1 N–H and O–H groups in total. The minimum absolute atomic E-state index is 0.0160. The molecule has 1 amide bonds. The number of amides is 1. The fraction of sp³-hybridized carbons (Fsp3) is 0.435. The van der Waals surface area contributed by atoms with Crippen molar-refractivity contribution in [1.82, 2.24) is 10.2 Å². The maximum atomic E-state index is 13.0. The molecular weight excluding hydrogens is 369 g/mol. The first kappa shape index (κ1) is 19.7. The van der Waals surface area contributed by atoms with Gasteiger partial charge in [-0.1, -0.05) is 18.2 Å². The molecule has 0 saturated carbocycles. The molecule has 0 aromatic heterocycles. The van der Waals surface area contributed by atoms with Crippen LogP contribution in [0.15, 0.2) is 42.5 Å². The number of carbonyl (C=O) groups is 1. The van der Waals surface area contributed by atoms with E-state index in [1.807, 2.05) is 7.05 Å². The summed E-state index contributed by atoms with van der Waals surface area (Å²) in [6.07, 6.45) is 2.69. The van der Waals surface area contributed by atoms with Crippen molar-refractivity contribution in [3.8, 4) is 0 Å². The summed E-state index contributed by atoms with van der Waals surface area (Å²) < 4.78 is 18.5. The number of nitrogens with one attached hydrogen (secondary N) is 1. The molecule has 2 aliphatic rings. The number of benzene rings is 2. The predicted octanol–water partition coefficient (Wildman–Crippen LogP) is 3.88. The molecule has 5 nitrogen and oxygen atoms in total. The summed E-state index contributed by atoms with van der Waals surface area (Å²) in [5.74, 6) is -0.295. The Morgan fingerprint density at radius 1 is 1.21 bits per heavy atom. The summed E-state index contributed by atoms with van der Waals surface area (Å²) in [5, 5.41) is 3.39. The number of nitrogens with zero attached hydrogens (tertiary/aromatic N) is 2. The third-order valence-corrected chi connectivity index (χ3v) is 5.93. The maximum Gasteiger partial charge on any atom is 0.410 e. The van der Waals surface area contributed by atoms with Crippen molar-refractivity contribution in [3.05, 3.63) is 65.0 Å². The van der Waals surface area contributed by atoms with Crippen LogP contribution in [0.2, 0.25) is 0 Å². The summed E-state index contributed by atoms with van der Waals surface area (Å²) in [7, 11) is 1.81. The fourth-order valence-corrected chi connectivity index (χ4v) is 4.24. The number of hydrogen-bond acceptors (Lipinski definition) is 4. The lowest BCUT2D eigenvalue weighted by atomic mass is 9.86. The van der Waals surface area contributed by atoms with E-state index < -0.39 is 0 Å². The monoisotopic (exact) mass is 397 g/mol. The zero-order valence-corrected chi connectivity index (χ0v) is 16.9. The molecule has 1 atom stereocenters. The predicted molar refractivity (Wildman–Crippen MR) is 112 cm³/mol. The molecule has 6 heteroatoms. The lowest BCUT2D eigenvalue weighted by Crippen LogP contribution is -2.43. The number of halogens is 1. The summed E-state index contributed by atoms with van der Waals surface area (Å²) in [6, 6.07) is 12.7. The van der Waals surface area contributed by atoms with E-state index in [9.17, 15) is 9.18 Å². The van der Waals surface area contributed by atoms with E-state index in [1.54, 1.807) is 17.0 Å². The lowest BCUT2D eigenvalue weighted by molar-refractivity contribution is 0.0876. The Labute approximate surface area is 171 Å². The number of hydrogen-bond donors (Lipinski definition) is 1. The Bertz CT molecular complexity index is 850. The van der Waals surface area contributed by atoms with Crippen molar-refractivity contribution in [2.45, 2.75) is 31.9 Å². The van der Waals surface area contributed by atoms with Crippen molar-refractivity contribution in [3.63, 3.8) is 0 Å². The smallest absolute Gasteiger partial charge is 0.410 e. The molecular formula is C23H28FN3O2. The molecule has 2 aromatic rings. The Balaban J connectivity index is 1.46. The van der Waals surface area contributed by atoms with E-state index in [1.165, 1.54) is 28.9 Å². The van der Waals surface area contributed by atoms with Crippen LogP contribution in [0.3, 0.4) is 0 Å². The Hall–Kier alpha value is -2.60. The molecule has 2 aromatic carbocycles. The van der Waals surface area contributed by atoms with Crippen molar-refractivity contribution in [2.75, 3.05) is 38.1 Å². The van der Waals surface area contributed by atoms with Crippen LogP contribution in [-0.4, -0.2) is 44.2 Å². The van der Waals surface area contributed by atoms with Gasteiger partial charge in [-0.3, -0.25) is 0 Å². The second kappa shape index (κ2) is 8.82. The standard InChI is InChI=1S/C23H28FN3O2/c1-26(23(28)29-16-17-5-8-19(24)9-6-17)22-4-2-3-18-7-10-20(15-21(18)22)27-13-11-25-12-14-27/h5-10,15,22,25H,2-4,11-14,16H2,1H3. The van der Waals surface area contributed by atoms with Crippen LogP contribution in [0.5, 0.6) is 0 Å². The second-order valence-electron chi connectivity index (χ2n) is 7.82. The molecule has 1 aliphatic carbocycles. The van der Waals surface area contributed by atoms with Gasteiger partial charge in [0.1, 0.15) is 12.4 Å². The number of rotatable bonds is 4. The maximum absolute atomic E-state index is 13.0. The van der Waals surface area contributed by atoms with Crippen LogP contribution in [0, 0.1) is 5.82 Å². The molecule has 1 saturated heterocycles. The highest BCUT2D eigenvalue weighted by Gasteiger charge is 2.28. The highest BCUT2D eigenvalue weighted by atomic mass is 19.1. The quantitative estimate of drug-likeness (QED) is 0.850. The highest BCUT2D eigenvalue weighted by Crippen LogP contribution is 2.36. The number of piperazine rings is 1. The Morgan fingerprint density at radius 3 is 2.72 bits per heavy atom. The van der Waals surface area contributed by atoms with Gasteiger partial charge in [-0.15, -0.1) is 0 Å². The van der Waals surface area contributed by atoms with Crippen molar-refractivity contribution < 1.29 is 13.9 Å². The third-order valence-electron chi connectivity index (χ3n) is 5.93. The van der Waals surface area contributed by atoms with Crippen molar-refractivity contribution in [1.29, 1.82) is 0 Å². The van der Waals surface area contributed by atoms with Gasteiger partial charge in [0.2, 0.25) is 0 Å². The second-order valence-corrected chi connectivity index (χ2v) is 7.82. The Morgan fingerprint density at radius 2 is 1.97 bits per heavy atom. The highest BCUT2D eigenvalue weighted by molar-refractivity contribution is 5.68. The van der Waals surface area contributed by atoms with Crippen molar-refractivity contribution in [2.24, 2.45) is 0 Å². The van der Waals surface area contributed by atoms with Gasteiger partial charge in [0, 0.05) is 38.9 Å². The van der Waals surface area contributed by atoms with E-state index in [0.29, 0.717) is 0 Å². The first-order valence-corrected chi connectivity index (χ1v) is 10.3. The molecule has 0 radical (unpaired) electrons. The number of fused-ring (bicyclic) bond motifs is 1. The molecule has 1 fully saturated rings. The largest absolute Gasteiger partial charge is 0.445 e. The molecule has 0 bridgehead atoms. The molecule has 1 unspecified atom stereocenters. The van der Waals surface area contributed by atoms with Crippen molar-refractivity contribution >= 4 is 11.8 Å². The number of carbonyl (C=O) groups excluding carboxylic acids is 1. The minimum Gasteiger partial charge on any atom is -0.445 e. The van der Waals surface area contributed by atoms with Crippen LogP contribution in [-0.2, 0) is 17.8 Å². The van der Waals surface area contributed by atoms with E-state index in [4.69, 9.17) is 4.74 Å². The van der Waals surface area contributed by atoms with Gasteiger partial charge in [-0.05, 0) is 60.2 Å². The van der Waals surface area contributed by atoms with Crippen LogP contribution >= 0.6 is 0 Å². The average Bonchev–Trinajstić information content (AvgIpc) is 2.78. The van der Waals surface area contributed by atoms with Gasteiger partial charge in [-0.25, -0.2) is 9.18 Å². The normalized spacial score (nSPS) is 18.8. The third kappa shape index (κ3) is 4.53. The number of aryl methyl sites for hydroxylation is 1. The molecule has 1 aliphatic heterocycles. The summed E-state index contributed by atoms with van der Waals surface area (Å²) in [4.78, 5) is 16.8. The molecule has 154 valence electrons. The summed E-state index contributed by atoms with van der Waals surface area (Å²) in [6.45, 7) is 4.13. The molecule has 4 rings (SSSR count). The molecule has 0 spiro atoms. The van der Waals surface area contributed by atoms with Gasteiger partial charge < -0.3 is 19.9 Å². The topological polar surface area (TPSA) is 44.8 Å². The Kier molecular flexibility index (Phi) is 6.00. The van der Waals surface area contributed by atoms with E-state index in [0.717, 1.165) is 51.0 Å². The van der Waals surface area contributed by atoms with Crippen LogP contribution in [0.4, 0.5) is 14.9 Å². The van der Waals surface area contributed by atoms with Gasteiger partial charge in [0.15, 0.2) is 0 Å². The number of ether oxygens (including phenoxy) is 1. The van der Waals surface area contributed by atoms with Gasteiger partial charge >= 0.3 is 6.09 Å².